The second-order valence-corrected chi connectivity index (χ2v) is 1.63. The van der Waals surface area contributed by atoms with Crippen molar-refractivity contribution in [2.75, 3.05) is 13.6 Å². The van der Waals surface area contributed by atoms with Crippen molar-refractivity contribution in [3.8, 4) is 0 Å². The summed E-state index contributed by atoms with van der Waals surface area (Å²) in [6.45, 7) is 0.0561. The Bertz CT molecular complexity index is 178. The Morgan fingerprint density at radius 3 is 2.73 bits per heavy atom. The van der Waals surface area contributed by atoms with Crippen LogP contribution in [0.15, 0.2) is 12.0 Å². The average molecular weight is 159 g/mol. The molecule has 6 nitrogen and oxygen atoms in total. The normalized spacial score (nSPS) is 10.5. The maximum absolute atomic E-state index is 9.89. The van der Waals surface area contributed by atoms with Crippen molar-refractivity contribution < 1.29 is 9.72 Å². The minimum Gasteiger partial charge on any atom is -0.370 e. The van der Waals surface area contributed by atoms with Crippen LogP contribution in [0.4, 0.5) is 0 Å². The lowest BCUT2D eigenvalue weighted by Gasteiger charge is -2.02. The SMILES string of the molecule is CN/C(=C\[N+](=O)[O-])NCC=O. The van der Waals surface area contributed by atoms with Crippen molar-refractivity contribution in [3.63, 3.8) is 0 Å². The van der Waals surface area contributed by atoms with Crippen LogP contribution in [0.3, 0.4) is 0 Å². The first-order valence-electron chi connectivity index (χ1n) is 2.91. The molecule has 0 bridgehead atoms. The molecule has 0 radical (unpaired) electrons. The number of nitrogens with one attached hydrogen (secondary N) is 2. The zero-order valence-corrected chi connectivity index (χ0v) is 6.03. The van der Waals surface area contributed by atoms with Gasteiger partial charge in [-0.05, 0) is 0 Å². The maximum Gasteiger partial charge on any atom is 0.274 e. The minimum atomic E-state index is -0.608. The predicted molar refractivity (Wildman–Crippen MR) is 38.2 cm³/mol. The number of rotatable bonds is 5. The summed E-state index contributed by atoms with van der Waals surface area (Å²) < 4.78 is 0. The van der Waals surface area contributed by atoms with Gasteiger partial charge in [0.1, 0.15) is 6.29 Å². The Morgan fingerprint density at radius 2 is 2.36 bits per heavy atom. The molecule has 0 aliphatic heterocycles. The van der Waals surface area contributed by atoms with E-state index in [2.05, 4.69) is 10.6 Å². The molecule has 0 unspecified atom stereocenters. The van der Waals surface area contributed by atoms with Crippen LogP contribution >= 0.6 is 0 Å². The molecule has 0 saturated carbocycles. The third-order valence-corrected chi connectivity index (χ3v) is 0.880. The van der Waals surface area contributed by atoms with E-state index in [4.69, 9.17) is 0 Å². The van der Waals surface area contributed by atoms with Crippen molar-refractivity contribution in [1.82, 2.24) is 10.6 Å². The molecule has 11 heavy (non-hydrogen) atoms. The van der Waals surface area contributed by atoms with Gasteiger partial charge in [-0.3, -0.25) is 10.1 Å². The molecule has 2 N–H and O–H groups in total. The van der Waals surface area contributed by atoms with Crippen LogP contribution in [0.2, 0.25) is 0 Å². The second-order valence-electron chi connectivity index (χ2n) is 1.63. The molecule has 0 fully saturated rings. The van der Waals surface area contributed by atoms with E-state index >= 15 is 0 Å². The van der Waals surface area contributed by atoms with E-state index in [9.17, 15) is 14.9 Å². The number of carbonyl (C=O) groups excluding carboxylic acids is 1. The van der Waals surface area contributed by atoms with E-state index in [0.717, 1.165) is 6.20 Å². The fourth-order valence-electron chi connectivity index (χ4n) is 0.456. The topological polar surface area (TPSA) is 84.3 Å². The number of hydrogen-bond donors (Lipinski definition) is 2. The number of aldehydes is 1. The van der Waals surface area contributed by atoms with Crippen molar-refractivity contribution in [2.24, 2.45) is 0 Å². The average Bonchev–Trinajstić information content (AvgIpc) is 1.97. The minimum absolute atomic E-state index is 0.0561. The van der Waals surface area contributed by atoms with Gasteiger partial charge in [-0.1, -0.05) is 0 Å². The number of hydrogen-bond acceptors (Lipinski definition) is 5. The fraction of sp³-hybridized carbons (Fsp3) is 0.400. The van der Waals surface area contributed by atoms with Gasteiger partial charge in [0.05, 0.1) is 11.5 Å². The fourth-order valence-corrected chi connectivity index (χ4v) is 0.456. The lowest BCUT2D eigenvalue weighted by atomic mass is 10.6. The molecular formula is C5H9N3O3. The summed E-state index contributed by atoms with van der Waals surface area (Å²) in [6, 6.07) is 0. The molecule has 0 amide bonds. The highest BCUT2D eigenvalue weighted by molar-refractivity contribution is 5.52. The van der Waals surface area contributed by atoms with E-state index in [-0.39, 0.29) is 12.4 Å². The molecular weight excluding hydrogens is 150 g/mol. The molecule has 0 aliphatic rings. The summed E-state index contributed by atoms with van der Waals surface area (Å²) >= 11 is 0. The monoisotopic (exact) mass is 159 g/mol. The first kappa shape index (κ1) is 9.41. The summed E-state index contributed by atoms with van der Waals surface area (Å²) in [5.74, 6) is 0.210. The standard InChI is InChI=1S/C5H9N3O3/c1-6-5(4-8(10)11)7-2-3-9/h3-4,6-7H,2H2,1H3/b5-4+. The molecule has 0 rings (SSSR count). The van der Waals surface area contributed by atoms with Crippen LogP contribution in [0.25, 0.3) is 0 Å². The molecule has 0 heterocycles. The molecule has 6 heteroatoms. The van der Waals surface area contributed by atoms with Gasteiger partial charge < -0.3 is 15.4 Å². The Labute approximate surface area is 63.4 Å². The molecule has 0 aliphatic carbocycles. The largest absolute Gasteiger partial charge is 0.370 e. The first-order chi connectivity index (χ1) is 5.20. The van der Waals surface area contributed by atoms with Gasteiger partial charge in [0, 0.05) is 7.05 Å². The van der Waals surface area contributed by atoms with Gasteiger partial charge in [0.15, 0.2) is 5.82 Å². The summed E-state index contributed by atoms with van der Waals surface area (Å²) in [5.41, 5.74) is 0. The quantitative estimate of drug-likeness (QED) is 0.307. The molecule has 0 aromatic carbocycles. The summed E-state index contributed by atoms with van der Waals surface area (Å²) in [4.78, 5) is 19.1. The van der Waals surface area contributed by atoms with Crippen LogP contribution in [-0.4, -0.2) is 24.8 Å². The highest BCUT2D eigenvalue weighted by Gasteiger charge is 1.96. The third kappa shape index (κ3) is 4.89. The van der Waals surface area contributed by atoms with Crippen molar-refractivity contribution >= 4 is 6.29 Å². The van der Waals surface area contributed by atoms with E-state index in [1.165, 1.54) is 7.05 Å². The van der Waals surface area contributed by atoms with Crippen molar-refractivity contribution in [1.29, 1.82) is 0 Å². The van der Waals surface area contributed by atoms with E-state index in [1.807, 2.05) is 0 Å². The highest BCUT2D eigenvalue weighted by atomic mass is 16.6. The molecule has 0 atom stereocenters. The zero-order chi connectivity index (χ0) is 8.69. The molecule has 0 spiro atoms. The van der Waals surface area contributed by atoms with E-state index < -0.39 is 4.92 Å². The maximum atomic E-state index is 9.89. The number of nitro groups is 1. The van der Waals surface area contributed by atoms with Gasteiger partial charge in [-0.2, -0.15) is 0 Å². The highest BCUT2D eigenvalue weighted by Crippen LogP contribution is 1.80. The Hall–Kier alpha value is -1.59. The van der Waals surface area contributed by atoms with Gasteiger partial charge in [-0.25, -0.2) is 0 Å². The second kappa shape index (κ2) is 5.21. The smallest absolute Gasteiger partial charge is 0.274 e. The molecule has 62 valence electrons. The molecule has 0 saturated heterocycles. The van der Waals surface area contributed by atoms with E-state index in [0.29, 0.717) is 6.29 Å². The van der Waals surface area contributed by atoms with Crippen LogP contribution in [0.1, 0.15) is 0 Å². The Kier molecular flexibility index (Phi) is 4.46. The lowest BCUT2D eigenvalue weighted by Crippen LogP contribution is -2.25. The van der Waals surface area contributed by atoms with Crippen LogP contribution in [0.5, 0.6) is 0 Å². The third-order valence-electron chi connectivity index (χ3n) is 0.880. The first-order valence-corrected chi connectivity index (χ1v) is 2.91. The lowest BCUT2D eigenvalue weighted by molar-refractivity contribution is -0.404. The number of carbonyl (C=O) groups is 1. The Morgan fingerprint density at radius 1 is 1.73 bits per heavy atom. The summed E-state index contributed by atoms with van der Waals surface area (Å²) in [5, 5.41) is 14.9. The van der Waals surface area contributed by atoms with Gasteiger partial charge in [0.25, 0.3) is 6.20 Å². The van der Waals surface area contributed by atoms with Gasteiger partial charge in [0.2, 0.25) is 0 Å². The van der Waals surface area contributed by atoms with Gasteiger partial charge in [-0.15, -0.1) is 0 Å². The van der Waals surface area contributed by atoms with E-state index in [1.54, 1.807) is 0 Å². The zero-order valence-electron chi connectivity index (χ0n) is 6.03. The van der Waals surface area contributed by atoms with Crippen molar-refractivity contribution in [3.05, 3.63) is 22.1 Å². The van der Waals surface area contributed by atoms with Crippen LogP contribution in [-0.2, 0) is 4.79 Å². The van der Waals surface area contributed by atoms with Crippen LogP contribution in [0, 0.1) is 10.1 Å². The van der Waals surface area contributed by atoms with Crippen molar-refractivity contribution in [2.45, 2.75) is 0 Å². The predicted octanol–water partition coefficient (Wildman–Crippen LogP) is -0.930. The summed E-state index contributed by atoms with van der Waals surface area (Å²) in [6.07, 6.45) is 1.37. The Balaban J connectivity index is 3.93. The molecule has 0 aromatic heterocycles. The summed E-state index contributed by atoms with van der Waals surface area (Å²) in [7, 11) is 1.52. The van der Waals surface area contributed by atoms with Gasteiger partial charge >= 0.3 is 0 Å². The molecule has 0 aromatic rings. The van der Waals surface area contributed by atoms with Crippen LogP contribution < -0.4 is 10.6 Å². The number of nitrogens with zero attached hydrogens (tertiary/aromatic N) is 1.